The smallest absolute Gasteiger partial charge is 0.242 e. The lowest BCUT2D eigenvalue weighted by molar-refractivity contribution is -0.127. The summed E-state index contributed by atoms with van der Waals surface area (Å²) in [6, 6.07) is 5.19. The molecular formula is C11H9ClN2O2S. The number of rotatable bonds is 1. The molecule has 2 rings (SSSR count). The van der Waals surface area contributed by atoms with Crippen molar-refractivity contribution >= 4 is 46.4 Å². The minimum Gasteiger partial charge on any atom is -0.302 e. The predicted octanol–water partition coefficient (Wildman–Crippen LogP) is 1.79. The summed E-state index contributed by atoms with van der Waals surface area (Å²) >= 11 is 11.0. The van der Waals surface area contributed by atoms with Crippen molar-refractivity contribution in [3.8, 4) is 0 Å². The predicted molar refractivity (Wildman–Crippen MR) is 69.0 cm³/mol. The highest BCUT2D eigenvalue weighted by Crippen LogP contribution is 2.24. The molecule has 4 nitrogen and oxygen atoms in total. The molecule has 1 aromatic carbocycles. The Morgan fingerprint density at radius 3 is 2.71 bits per heavy atom. The zero-order chi connectivity index (χ0) is 12.6. The van der Waals surface area contributed by atoms with Gasteiger partial charge >= 0.3 is 0 Å². The van der Waals surface area contributed by atoms with Crippen molar-refractivity contribution < 1.29 is 9.59 Å². The van der Waals surface area contributed by atoms with Gasteiger partial charge in [-0.05, 0) is 36.8 Å². The summed E-state index contributed by atoms with van der Waals surface area (Å²) in [6.45, 7) is 1.87. The van der Waals surface area contributed by atoms with Gasteiger partial charge in [0.25, 0.3) is 0 Å². The van der Waals surface area contributed by atoms with Crippen LogP contribution in [0.5, 0.6) is 0 Å². The zero-order valence-corrected chi connectivity index (χ0v) is 10.6. The lowest BCUT2D eigenvalue weighted by Crippen LogP contribution is -2.52. The van der Waals surface area contributed by atoms with Gasteiger partial charge in [0.15, 0.2) is 5.11 Å². The molecule has 1 fully saturated rings. The fourth-order valence-electron chi connectivity index (χ4n) is 1.53. The summed E-state index contributed by atoms with van der Waals surface area (Å²) in [5.41, 5.74) is 1.48. The summed E-state index contributed by atoms with van der Waals surface area (Å²) in [6.07, 6.45) is -0.203. The third kappa shape index (κ3) is 2.30. The van der Waals surface area contributed by atoms with Crippen molar-refractivity contribution in [1.82, 2.24) is 5.32 Å². The van der Waals surface area contributed by atoms with Crippen molar-refractivity contribution in [2.45, 2.75) is 13.3 Å². The van der Waals surface area contributed by atoms with E-state index in [1.165, 1.54) is 4.90 Å². The van der Waals surface area contributed by atoms with E-state index in [0.717, 1.165) is 5.56 Å². The molecule has 0 aromatic heterocycles. The second-order valence-corrected chi connectivity index (χ2v) is 4.49. The van der Waals surface area contributed by atoms with E-state index in [4.69, 9.17) is 23.8 Å². The fraction of sp³-hybridized carbons (Fsp3) is 0.182. The molecule has 17 heavy (non-hydrogen) atoms. The van der Waals surface area contributed by atoms with Crippen molar-refractivity contribution in [1.29, 1.82) is 0 Å². The third-order valence-electron chi connectivity index (χ3n) is 2.42. The van der Waals surface area contributed by atoms with Crippen molar-refractivity contribution in [2.75, 3.05) is 4.90 Å². The zero-order valence-electron chi connectivity index (χ0n) is 8.99. The van der Waals surface area contributed by atoms with E-state index in [2.05, 4.69) is 5.32 Å². The topological polar surface area (TPSA) is 49.4 Å². The molecule has 0 radical (unpaired) electrons. The second kappa shape index (κ2) is 4.43. The third-order valence-corrected chi connectivity index (χ3v) is 3.12. The summed E-state index contributed by atoms with van der Waals surface area (Å²) in [7, 11) is 0. The minimum absolute atomic E-state index is 0.0890. The number of carbonyl (C=O) groups excluding carboxylic acids is 2. The first-order valence-corrected chi connectivity index (χ1v) is 5.70. The van der Waals surface area contributed by atoms with Crippen LogP contribution in [0.2, 0.25) is 5.02 Å². The first-order chi connectivity index (χ1) is 7.99. The molecule has 6 heteroatoms. The number of anilines is 1. The van der Waals surface area contributed by atoms with Crippen LogP contribution in [-0.2, 0) is 9.59 Å². The molecule has 0 spiro atoms. The monoisotopic (exact) mass is 268 g/mol. The molecule has 1 aliphatic heterocycles. The van der Waals surface area contributed by atoms with Gasteiger partial charge in [0.1, 0.15) is 6.42 Å². The Bertz CT molecular complexity index is 510. The van der Waals surface area contributed by atoms with Gasteiger partial charge in [0.2, 0.25) is 11.8 Å². The number of nitrogens with one attached hydrogen (secondary N) is 1. The Kier molecular flexibility index (Phi) is 3.13. The SMILES string of the molecule is Cc1ccc(N2C(=O)CC(=O)NC2=S)cc1Cl. The van der Waals surface area contributed by atoms with Crippen LogP contribution in [0.4, 0.5) is 5.69 Å². The largest absolute Gasteiger partial charge is 0.302 e. The van der Waals surface area contributed by atoms with Crippen LogP contribution in [0.25, 0.3) is 0 Å². The molecule has 1 saturated heterocycles. The Morgan fingerprint density at radius 1 is 1.41 bits per heavy atom. The molecule has 1 heterocycles. The van der Waals surface area contributed by atoms with E-state index < -0.39 is 0 Å². The molecule has 1 N–H and O–H groups in total. The van der Waals surface area contributed by atoms with Crippen LogP contribution in [0.15, 0.2) is 18.2 Å². The number of carbonyl (C=O) groups is 2. The van der Waals surface area contributed by atoms with Crippen LogP contribution in [0.3, 0.4) is 0 Å². The lowest BCUT2D eigenvalue weighted by Gasteiger charge is -2.27. The van der Waals surface area contributed by atoms with Crippen LogP contribution >= 0.6 is 23.8 Å². The molecule has 0 bridgehead atoms. The molecule has 1 aromatic rings. The number of halogens is 1. The Morgan fingerprint density at radius 2 is 2.12 bits per heavy atom. The summed E-state index contributed by atoms with van der Waals surface area (Å²) in [5, 5.41) is 3.09. The standard InChI is InChI=1S/C11H9ClN2O2S/c1-6-2-3-7(4-8(6)12)14-10(16)5-9(15)13-11(14)17/h2-4H,5H2,1H3,(H,13,15,17). The van der Waals surface area contributed by atoms with Gasteiger partial charge in [0, 0.05) is 5.02 Å². The van der Waals surface area contributed by atoms with Crippen LogP contribution in [-0.4, -0.2) is 16.9 Å². The Labute approximate surface area is 109 Å². The van der Waals surface area contributed by atoms with Crippen molar-refractivity contribution in [2.24, 2.45) is 0 Å². The molecule has 0 saturated carbocycles. The number of thiocarbonyl (C=S) groups is 1. The van der Waals surface area contributed by atoms with Crippen molar-refractivity contribution in [3.05, 3.63) is 28.8 Å². The minimum atomic E-state index is -0.380. The van der Waals surface area contributed by atoms with E-state index >= 15 is 0 Å². The van der Waals surface area contributed by atoms with Crippen molar-refractivity contribution in [3.63, 3.8) is 0 Å². The van der Waals surface area contributed by atoms with Gasteiger partial charge in [-0.3, -0.25) is 14.5 Å². The molecule has 2 amide bonds. The molecular weight excluding hydrogens is 260 g/mol. The number of amides is 2. The van der Waals surface area contributed by atoms with Crippen LogP contribution in [0.1, 0.15) is 12.0 Å². The first-order valence-electron chi connectivity index (χ1n) is 4.92. The van der Waals surface area contributed by atoms with Gasteiger partial charge < -0.3 is 5.32 Å². The molecule has 88 valence electrons. The first kappa shape index (κ1) is 12.0. The number of nitrogens with zero attached hydrogens (tertiary/aromatic N) is 1. The molecule has 1 aliphatic rings. The fourth-order valence-corrected chi connectivity index (χ4v) is 2.03. The number of aryl methyl sites for hydroxylation is 1. The van der Waals surface area contributed by atoms with E-state index in [0.29, 0.717) is 10.7 Å². The maximum atomic E-state index is 11.7. The normalized spacial score (nSPS) is 16.1. The highest BCUT2D eigenvalue weighted by atomic mass is 35.5. The number of hydrogen-bond acceptors (Lipinski definition) is 3. The summed E-state index contributed by atoms with van der Waals surface area (Å²) in [4.78, 5) is 24.1. The Balaban J connectivity index is 2.38. The summed E-state index contributed by atoms with van der Waals surface area (Å²) in [5.74, 6) is -0.729. The molecule has 0 unspecified atom stereocenters. The number of hydrogen-bond donors (Lipinski definition) is 1. The van der Waals surface area contributed by atoms with Gasteiger partial charge in [-0.1, -0.05) is 17.7 Å². The van der Waals surface area contributed by atoms with E-state index in [1.807, 2.05) is 6.92 Å². The van der Waals surface area contributed by atoms with Gasteiger partial charge in [-0.2, -0.15) is 0 Å². The lowest BCUT2D eigenvalue weighted by atomic mass is 10.2. The van der Waals surface area contributed by atoms with Gasteiger partial charge in [-0.15, -0.1) is 0 Å². The maximum Gasteiger partial charge on any atom is 0.242 e. The summed E-state index contributed by atoms with van der Waals surface area (Å²) < 4.78 is 0. The van der Waals surface area contributed by atoms with Gasteiger partial charge in [0.05, 0.1) is 5.69 Å². The average Bonchev–Trinajstić information content (AvgIpc) is 2.21. The van der Waals surface area contributed by atoms with Crippen LogP contribution < -0.4 is 10.2 Å². The second-order valence-electron chi connectivity index (χ2n) is 3.69. The van der Waals surface area contributed by atoms with Crippen LogP contribution in [0, 0.1) is 6.92 Å². The van der Waals surface area contributed by atoms with Gasteiger partial charge in [-0.25, -0.2) is 0 Å². The average molecular weight is 269 g/mol. The molecule has 0 atom stereocenters. The number of benzene rings is 1. The Hall–Kier alpha value is -1.46. The van der Waals surface area contributed by atoms with E-state index in [9.17, 15) is 9.59 Å². The quantitative estimate of drug-likeness (QED) is 0.624. The molecule has 0 aliphatic carbocycles. The maximum absolute atomic E-state index is 11.7. The highest BCUT2D eigenvalue weighted by molar-refractivity contribution is 7.80. The van der Waals surface area contributed by atoms with E-state index in [1.54, 1.807) is 18.2 Å². The van der Waals surface area contributed by atoms with E-state index in [-0.39, 0.29) is 23.3 Å². The highest BCUT2D eigenvalue weighted by Gasteiger charge is 2.29.